The smallest absolute Gasteiger partial charge is 0.410 e. The van der Waals surface area contributed by atoms with E-state index >= 15 is 0 Å². The molecule has 4 heterocycles. The Kier molecular flexibility index (Phi) is 5.76. The monoisotopic (exact) mass is 480 g/mol. The average molecular weight is 481 g/mol. The summed E-state index contributed by atoms with van der Waals surface area (Å²) in [5, 5.41) is 0. The fourth-order valence-electron chi connectivity index (χ4n) is 4.53. The molecule has 2 bridgehead atoms. The second kappa shape index (κ2) is 8.78. The number of ether oxygens (including phenoxy) is 3. The van der Waals surface area contributed by atoms with E-state index in [2.05, 4.69) is 19.8 Å². The predicted octanol–water partition coefficient (Wildman–Crippen LogP) is 3.77. The van der Waals surface area contributed by atoms with Crippen LogP contribution < -0.4 is 4.74 Å². The van der Waals surface area contributed by atoms with E-state index in [0.717, 1.165) is 0 Å². The molecular weight excluding hydrogens is 455 g/mol. The van der Waals surface area contributed by atoms with Gasteiger partial charge >= 0.3 is 6.09 Å². The summed E-state index contributed by atoms with van der Waals surface area (Å²) in [6.07, 6.45) is 2.23. The minimum atomic E-state index is -0.572. The van der Waals surface area contributed by atoms with Crippen LogP contribution in [0.15, 0.2) is 30.9 Å². The lowest BCUT2D eigenvalue weighted by Crippen LogP contribution is -2.59. The van der Waals surface area contributed by atoms with Gasteiger partial charge in [0.05, 0.1) is 25.5 Å². The van der Waals surface area contributed by atoms with Gasteiger partial charge in [-0.25, -0.2) is 24.0 Å². The van der Waals surface area contributed by atoms with Gasteiger partial charge in [0.1, 0.15) is 30.2 Å². The number of fused-ring (bicyclic) bond motifs is 3. The number of rotatable bonds is 3. The van der Waals surface area contributed by atoms with E-state index < -0.39 is 11.4 Å². The maximum atomic E-state index is 14.6. The van der Waals surface area contributed by atoms with E-state index in [4.69, 9.17) is 20.8 Å². The highest BCUT2D eigenvalue weighted by Crippen LogP contribution is 2.34. The molecule has 0 spiro atoms. The van der Waals surface area contributed by atoms with Gasteiger partial charge in [-0.15, -0.1) is 0 Å². The minimum absolute atomic E-state index is 0.0688. The number of benzene rings is 1. The number of aromatic nitrogens is 4. The third-order valence-electron chi connectivity index (χ3n) is 6.02. The van der Waals surface area contributed by atoms with Crippen LogP contribution in [0.2, 0.25) is 0 Å². The fraction of sp³-hybridized carbons (Fsp3) is 0.458. The maximum Gasteiger partial charge on any atom is 0.410 e. The van der Waals surface area contributed by atoms with Gasteiger partial charge in [-0.3, -0.25) is 4.57 Å². The Hall–Kier alpha value is -3.78. The quantitative estimate of drug-likeness (QED) is 0.527. The van der Waals surface area contributed by atoms with Gasteiger partial charge in [0.25, 0.3) is 0 Å². The Bertz CT molecular complexity index is 1300. The van der Waals surface area contributed by atoms with E-state index in [0.29, 0.717) is 43.3 Å². The summed E-state index contributed by atoms with van der Waals surface area (Å²) in [5.74, 6) is -0.402. The molecule has 2 atom stereocenters. The highest BCUT2D eigenvalue weighted by Gasteiger charge is 2.44. The molecule has 2 unspecified atom stereocenters. The number of likely N-dealkylation sites (tertiary alicyclic amines) is 1. The first kappa shape index (κ1) is 23.0. The molecule has 0 aliphatic carbocycles. The van der Waals surface area contributed by atoms with Crippen LogP contribution in [0.3, 0.4) is 0 Å². The summed E-state index contributed by atoms with van der Waals surface area (Å²) < 4.78 is 33.8. The zero-order valence-electron chi connectivity index (χ0n) is 19.6. The van der Waals surface area contributed by atoms with Crippen LogP contribution in [0.5, 0.6) is 5.88 Å². The van der Waals surface area contributed by atoms with Crippen molar-refractivity contribution in [2.45, 2.75) is 32.5 Å². The van der Waals surface area contributed by atoms with Crippen LogP contribution in [0.4, 0.5) is 14.9 Å². The van der Waals surface area contributed by atoms with E-state index in [1.165, 1.54) is 35.4 Å². The first-order valence-corrected chi connectivity index (χ1v) is 11.3. The second-order valence-electron chi connectivity index (χ2n) is 9.74. The summed E-state index contributed by atoms with van der Waals surface area (Å²) in [7, 11) is 0. The molecule has 10 nitrogen and oxygen atoms in total. The summed E-state index contributed by atoms with van der Waals surface area (Å²) >= 11 is 0. The van der Waals surface area contributed by atoms with Crippen molar-refractivity contribution in [2.75, 3.05) is 26.3 Å². The van der Waals surface area contributed by atoms with Crippen molar-refractivity contribution in [3.05, 3.63) is 48.1 Å². The molecule has 2 saturated heterocycles. The Morgan fingerprint density at radius 1 is 1.20 bits per heavy atom. The van der Waals surface area contributed by atoms with Gasteiger partial charge in [0.2, 0.25) is 5.88 Å². The highest BCUT2D eigenvalue weighted by molar-refractivity contribution is 5.78. The molecule has 35 heavy (non-hydrogen) atoms. The number of amides is 1. The predicted molar refractivity (Wildman–Crippen MR) is 123 cm³/mol. The van der Waals surface area contributed by atoms with Crippen molar-refractivity contribution in [3.63, 3.8) is 0 Å². The molecule has 2 aliphatic rings. The minimum Gasteiger partial charge on any atom is -0.472 e. The van der Waals surface area contributed by atoms with Crippen molar-refractivity contribution in [3.8, 4) is 11.6 Å². The number of nitrogens with zero attached hydrogens (tertiary/aromatic N) is 6. The zero-order valence-corrected chi connectivity index (χ0v) is 19.6. The van der Waals surface area contributed by atoms with Crippen LogP contribution in [-0.2, 0) is 9.47 Å². The van der Waals surface area contributed by atoms with Crippen molar-refractivity contribution in [1.82, 2.24) is 24.4 Å². The molecule has 0 radical (unpaired) electrons. The number of imidazole rings is 1. The van der Waals surface area contributed by atoms with Crippen LogP contribution >= 0.6 is 0 Å². The lowest BCUT2D eigenvalue weighted by molar-refractivity contribution is -0.112. The van der Waals surface area contributed by atoms with Gasteiger partial charge in [0.15, 0.2) is 16.9 Å². The Labute approximate surface area is 201 Å². The summed E-state index contributed by atoms with van der Waals surface area (Å²) in [5.41, 5.74) is 0.644. The highest BCUT2D eigenvalue weighted by atomic mass is 19.1. The summed E-state index contributed by atoms with van der Waals surface area (Å²) in [6.45, 7) is 14.4. The third-order valence-corrected chi connectivity index (χ3v) is 6.02. The topological polar surface area (TPSA) is 96.0 Å². The van der Waals surface area contributed by atoms with Gasteiger partial charge in [-0.1, -0.05) is 6.07 Å². The summed E-state index contributed by atoms with van der Waals surface area (Å²) in [6, 6.07) is 4.22. The molecule has 1 aromatic carbocycles. The number of carbonyl (C=O) groups is 1. The molecule has 2 aromatic heterocycles. The molecule has 11 heteroatoms. The SMILES string of the molecule is [C-]#[N+]c1ccc(-n2cnc3c(OC4C5COCC4CN(C(=O)OC(C)(C)C)C5)ncnc32)c(F)c1. The molecule has 0 N–H and O–H groups in total. The van der Waals surface area contributed by atoms with Crippen molar-refractivity contribution < 1.29 is 23.4 Å². The Morgan fingerprint density at radius 3 is 2.60 bits per heavy atom. The number of hydrogen-bond donors (Lipinski definition) is 0. The van der Waals surface area contributed by atoms with Crippen molar-refractivity contribution in [2.24, 2.45) is 11.8 Å². The standard InChI is InChI=1S/C24H25FN6O4/c1-24(2,3)35-23(32)30-8-14-10-33-11-15(9-30)20(14)34-22-19-21(27-12-28-22)31(13-29-19)18-6-5-16(26-4)7-17(18)25/h5-7,12-15,20H,8-11H2,1-3H3. The van der Waals surface area contributed by atoms with E-state index in [1.54, 1.807) is 4.90 Å². The second-order valence-corrected chi connectivity index (χ2v) is 9.74. The lowest BCUT2D eigenvalue weighted by atomic mass is 9.84. The number of halogens is 1. The summed E-state index contributed by atoms with van der Waals surface area (Å²) in [4.78, 5) is 30.6. The first-order valence-electron chi connectivity index (χ1n) is 11.3. The largest absolute Gasteiger partial charge is 0.472 e. The zero-order chi connectivity index (χ0) is 24.7. The number of piperidine rings is 1. The van der Waals surface area contributed by atoms with Crippen molar-refractivity contribution in [1.29, 1.82) is 0 Å². The third kappa shape index (κ3) is 4.49. The lowest BCUT2D eigenvalue weighted by Gasteiger charge is -2.46. The molecule has 1 amide bonds. The fourth-order valence-corrected chi connectivity index (χ4v) is 4.53. The van der Waals surface area contributed by atoms with Crippen LogP contribution in [0.25, 0.3) is 21.7 Å². The molecule has 3 aromatic rings. The van der Waals surface area contributed by atoms with E-state index in [9.17, 15) is 9.18 Å². The Balaban J connectivity index is 1.40. The van der Waals surface area contributed by atoms with Gasteiger partial charge < -0.3 is 19.1 Å². The maximum absolute atomic E-state index is 14.6. The van der Waals surface area contributed by atoms with E-state index in [-0.39, 0.29) is 35.4 Å². The van der Waals surface area contributed by atoms with E-state index in [1.807, 2.05) is 20.8 Å². The number of hydrogen-bond acceptors (Lipinski definition) is 7. The van der Waals surface area contributed by atoms with Crippen molar-refractivity contribution >= 4 is 22.9 Å². The normalized spacial score (nSPS) is 22.0. The van der Waals surface area contributed by atoms with Crippen LogP contribution in [-0.4, -0.2) is 68.5 Å². The van der Waals surface area contributed by atoms with Gasteiger partial charge in [-0.05, 0) is 32.9 Å². The van der Waals surface area contributed by atoms with Gasteiger partial charge in [-0.2, -0.15) is 4.98 Å². The van der Waals surface area contributed by atoms with Crippen LogP contribution in [0, 0.1) is 24.2 Å². The molecule has 2 fully saturated rings. The molecule has 2 aliphatic heterocycles. The molecule has 0 saturated carbocycles. The average Bonchev–Trinajstić information content (AvgIpc) is 3.22. The molecule has 182 valence electrons. The molecule has 5 rings (SSSR count). The Morgan fingerprint density at radius 2 is 1.94 bits per heavy atom. The number of carbonyl (C=O) groups excluding carboxylic acids is 1. The van der Waals surface area contributed by atoms with Crippen LogP contribution in [0.1, 0.15) is 20.8 Å². The van der Waals surface area contributed by atoms with Gasteiger partial charge in [0, 0.05) is 24.9 Å². The molecular formula is C24H25FN6O4. The first-order chi connectivity index (χ1) is 16.7.